The summed E-state index contributed by atoms with van der Waals surface area (Å²) in [7, 11) is 1.89. The molecule has 0 saturated carbocycles. The molecule has 0 aliphatic rings. The molecule has 5 nitrogen and oxygen atoms in total. The number of rotatable bonds is 3. The Kier molecular flexibility index (Phi) is 3.39. The molecule has 2 heterocycles. The predicted octanol–water partition coefficient (Wildman–Crippen LogP) is 3.24. The summed E-state index contributed by atoms with van der Waals surface area (Å²) in [6.45, 7) is 4.15. The smallest absolute Gasteiger partial charge is 0.227 e. The Balaban J connectivity index is 1.89. The SMILES string of the molecule is Cc1cc(C)cc(Nc2nccc(-c3ccn(C)n3)n2)c1. The molecule has 0 bridgehead atoms. The average molecular weight is 279 g/mol. The van der Waals surface area contributed by atoms with Crippen molar-refractivity contribution in [1.82, 2.24) is 19.7 Å². The summed E-state index contributed by atoms with van der Waals surface area (Å²) in [5.74, 6) is 0.572. The number of hydrogen-bond acceptors (Lipinski definition) is 4. The second-order valence-corrected chi connectivity index (χ2v) is 5.14. The third kappa shape index (κ3) is 3.08. The van der Waals surface area contributed by atoms with Crippen molar-refractivity contribution in [3.8, 4) is 11.4 Å². The third-order valence-corrected chi connectivity index (χ3v) is 3.11. The second kappa shape index (κ2) is 5.36. The van der Waals surface area contributed by atoms with Gasteiger partial charge in [-0.25, -0.2) is 9.97 Å². The molecule has 2 aromatic heterocycles. The number of aromatic nitrogens is 4. The lowest BCUT2D eigenvalue weighted by atomic mass is 10.1. The van der Waals surface area contributed by atoms with Gasteiger partial charge >= 0.3 is 0 Å². The minimum absolute atomic E-state index is 0.572. The van der Waals surface area contributed by atoms with E-state index in [1.54, 1.807) is 10.9 Å². The van der Waals surface area contributed by atoms with Crippen LogP contribution in [0.3, 0.4) is 0 Å². The van der Waals surface area contributed by atoms with Crippen LogP contribution in [0.1, 0.15) is 11.1 Å². The molecule has 0 aliphatic heterocycles. The molecule has 0 saturated heterocycles. The van der Waals surface area contributed by atoms with E-state index in [0.29, 0.717) is 5.95 Å². The number of nitrogens with zero attached hydrogens (tertiary/aromatic N) is 4. The Morgan fingerprint density at radius 2 is 1.76 bits per heavy atom. The monoisotopic (exact) mass is 279 g/mol. The molecular weight excluding hydrogens is 262 g/mol. The fourth-order valence-corrected chi connectivity index (χ4v) is 2.29. The van der Waals surface area contributed by atoms with Gasteiger partial charge in [-0.1, -0.05) is 6.07 Å². The summed E-state index contributed by atoms with van der Waals surface area (Å²) in [4.78, 5) is 8.78. The third-order valence-electron chi connectivity index (χ3n) is 3.11. The zero-order valence-corrected chi connectivity index (χ0v) is 12.3. The minimum atomic E-state index is 0.572. The Morgan fingerprint density at radius 3 is 2.43 bits per heavy atom. The first-order valence-corrected chi connectivity index (χ1v) is 6.78. The summed E-state index contributed by atoms with van der Waals surface area (Å²) in [6, 6.07) is 10.1. The Hall–Kier alpha value is -2.69. The highest BCUT2D eigenvalue weighted by Crippen LogP contribution is 2.19. The lowest BCUT2D eigenvalue weighted by Gasteiger charge is -2.07. The Labute approximate surface area is 123 Å². The van der Waals surface area contributed by atoms with Crippen molar-refractivity contribution in [2.75, 3.05) is 5.32 Å². The number of benzene rings is 1. The first-order valence-electron chi connectivity index (χ1n) is 6.78. The number of anilines is 2. The van der Waals surface area contributed by atoms with Crippen molar-refractivity contribution < 1.29 is 0 Å². The zero-order chi connectivity index (χ0) is 14.8. The highest BCUT2D eigenvalue weighted by Gasteiger charge is 2.05. The van der Waals surface area contributed by atoms with Crippen molar-refractivity contribution in [2.45, 2.75) is 13.8 Å². The molecule has 0 atom stereocenters. The fraction of sp³-hybridized carbons (Fsp3) is 0.188. The maximum Gasteiger partial charge on any atom is 0.227 e. The fourth-order valence-electron chi connectivity index (χ4n) is 2.29. The molecule has 0 aliphatic carbocycles. The van der Waals surface area contributed by atoms with Gasteiger partial charge in [-0.3, -0.25) is 4.68 Å². The Morgan fingerprint density at radius 1 is 1.00 bits per heavy atom. The van der Waals surface area contributed by atoms with E-state index in [2.05, 4.69) is 52.4 Å². The van der Waals surface area contributed by atoms with Crippen LogP contribution in [-0.4, -0.2) is 19.7 Å². The van der Waals surface area contributed by atoms with Crippen molar-refractivity contribution >= 4 is 11.6 Å². The van der Waals surface area contributed by atoms with Crippen LogP contribution in [0.4, 0.5) is 11.6 Å². The van der Waals surface area contributed by atoms with Gasteiger partial charge in [0.15, 0.2) is 0 Å². The molecule has 106 valence electrons. The van der Waals surface area contributed by atoms with Crippen LogP contribution in [0.5, 0.6) is 0 Å². The van der Waals surface area contributed by atoms with Crippen molar-refractivity contribution in [1.29, 1.82) is 0 Å². The van der Waals surface area contributed by atoms with Crippen molar-refractivity contribution in [3.05, 3.63) is 53.9 Å². The summed E-state index contributed by atoms with van der Waals surface area (Å²) in [6.07, 6.45) is 3.64. The van der Waals surface area contributed by atoms with E-state index in [1.165, 1.54) is 11.1 Å². The van der Waals surface area contributed by atoms with Crippen LogP contribution in [0.15, 0.2) is 42.7 Å². The van der Waals surface area contributed by atoms with E-state index in [-0.39, 0.29) is 0 Å². The average Bonchev–Trinajstić information content (AvgIpc) is 2.84. The van der Waals surface area contributed by atoms with E-state index in [4.69, 9.17) is 0 Å². The van der Waals surface area contributed by atoms with Gasteiger partial charge in [-0.05, 0) is 49.2 Å². The number of hydrogen-bond donors (Lipinski definition) is 1. The van der Waals surface area contributed by atoms with Crippen LogP contribution in [0.25, 0.3) is 11.4 Å². The van der Waals surface area contributed by atoms with Crippen LogP contribution in [0, 0.1) is 13.8 Å². The maximum absolute atomic E-state index is 4.51. The predicted molar refractivity (Wildman–Crippen MR) is 83.4 cm³/mol. The first kappa shape index (κ1) is 13.3. The molecule has 0 fully saturated rings. The van der Waals surface area contributed by atoms with Crippen molar-refractivity contribution in [2.24, 2.45) is 7.05 Å². The van der Waals surface area contributed by atoms with E-state index < -0.39 is 0 Å². The van der Waals surface area contributed by atoms with Gasteiger partial charge in [0.25, 0.3) is 0 Å². The molecule has 5 heteroatoms. The normalized spacial score (nSPS) is 10.6. The lowest BCUT2D eigenvalue weighted by Crippen LogP contribution is -1.99. The maximum atomic E-state index is 4.51. The Bertz CT molecular complexity index is 756. The van der Waals surface area contributed by atoms with E-state index in [9.17, 15) is 0 Å². The first-order chi connectivity index (χ1) is 10.1. The lowest BCUT2D eigenvalue weighted by molar-refractivity contribution is 0.770. The minimum Gasteiger partial charge on any atom is -0.324 e. The van der Waals surface area contributed by atoms with Crippen LogP contribution in [0.2, 0.25) is 0 Å². The molecule has 0 spiro atoms. The summed E-state index contributed by atoms with van der Waals surface area (Å²) >= 11 is 0. The van der Waals surface area contributed by atoms with Gasteiger partial charge < -0.3 is 5.32 Å². The van der Waals surface area contributed by atoms with Gasteiger partial charge in [0, 0.05) is 25.1 Å². The van der Waals surface area contributed by atoms with Gasteiger partial charge in [0.2, 0.25) is 5.95 Å². The number of aryl methyl sites for hydroxylation is 3. The molecule has 1 aromatic carbocycles. The van der Waals surface area contributed by atoms with E-state index >= 15 is 0 Å². The molecule has 3 aromatic rings. The molecule has 0 unspecified atom stereocenters. The van der Waals surface area contributed by atoms with Crippen LogP contribution >= 0.6 is 0 Å². The molecule has 21 heavy (non-hydrogen) atoms. The molecule has 0 radical (unpaired) electrons. The summed E-state index contributed by atoms with van der Waals surface area (Å²) < 4.78 is 1.76. The largest absolute Gasteiger partial charge is 0.324 e. The summed E-state index contributed by atoms with van der Waals surface area (Å²) in [5.41, 5.74) is 5.04. The van der Waals surface area contributed by atoms with Crippen molar-refractivity contribution in [3.63, 3.8) is 0 Å². The van der Waals surface area contributed by atoms with Crippen LogP contribution in [-0.2, 0) is 7.05 Å². The molecule has 3 rings (SSSR count). The van der Waals surface area contributed by atoms with Gasteiger partial charge in [-0.15, -0.1) is 0 Å². The van der Waals surface area contributed by atoms with E-state index in [1.807, 2.05) is 25.4 Å². The quantitative estimate of drug-likeness (QED) is 0.799. The van der Waals surface area contributed by atoms with Crippen LogP contribution < -0.4 is 5.32 Å². The standard InChI is InChI=1S/C16H17N5/c1-11-8-12(2)10-13(9-11)18-16-17-6-4-14(19-16)15-5-7-21(3)20-15/h4-10H,1-3H3,(H,17,18,19). The topological polar surface area (TPSA) is 55.6 Å². The highest BCUT2D eigenvalue weighted by molar-refractivity contribution is 5.59. The van der Waals surface area contributed by atoms with Gasteiger partial charge in [0.1, 0.15) is 5.69 Å². The second-order valence-electron chi connectivity index (χ2n) is 5.14. The summed E-state index contributed by atoms with van der Waals surface area (Å²) in [5, 5.41) is 7.60. The number of nitrogens with one attached hydrogen (secondary N) is 1. The van der Waals surface area contributed by atoms with E-state index in [0.717, 1.165) is 17.1 Å². The molecule has 0 amide bonds. The highest BCUT2D eigenvalue weighted by atomic mass is 15.3. The molecule has 1 N–H and O–H groups in total. The van der Waals surface area contributed by atoms with Gasteiger partial charge in [0.05, 0.1) is 5.69 Å². The zero-order valence-electron chi connectivity index (χ0n) is 12.3. The van der Waals surface area contributed by atoms with Gasteiger partial charge in [-0.2, -0.15) is 5.10 Å². The molecular formula is C16H17N5.